The van der Waals surface area contributed by atoms with Gasteiger partial charge in [-0.05, 0) is 109 Å². The lowest BCUT2D eigenvalue weighted by atomic mass is 9.70. The number of fused-ring (bicyclic) bond motifs is 4. The van der Waals surface area contributed by atoms with Gasteiger partial charge in [0, 0.05) is 22.2 Å². The third-order valence-corrected chi connectivity index (χ3v) is 12.6. The van der Waals surface area contributed by atoms with Crippen LogP contribution in [0.15, 0.2) is 231 Å². The number of anilines is 6. The van der Waals surface area contributed by atoms with E-state index in [-0.39, 0.29) is 5.41 Å². The molecule has 0 saturated carbocycles. The van der Waals surface area contributed by atoms with Gasteiger partial charge in [-0.3, -0.25) is 0 Å². The average molecular weight is 781 g/mol. The minimum absolute atomic E-state index is 0.296. The molecule has 2 heteroatoms. The van der Waals surface area contributed by atoms with Crippen LogP contribution in [0.25, 0.3) is 54.9 Å². The first-order valence-corrected chi connectivity index (χ1v) is 21.2. The lowest BCUT2D eigenvalue weighted by Crippen LogP contribution is -2.32. The highest BCUT2D eigenvalue weighted by atomic mass is 15.2. The third-order valence-electron chi connectivity index (χ3n) is 12.6. The van der Waals surface area contributed by atoms with Crippen molar-refractivity contribution in [1.82, 2.24) is 0 Å². The van der Waals surface area contributed by atoms with E-state index in [1.54, 1.807) is 0 Å². The van der Waals surface area contributed by atoms with E-state index in [1.807, 2.05) is 0 Å². The van der Waals surface area contributed by atoms with E-state index in [0.717, 1.165) is 22.7 Å². The number of benzene rings is 10. The lowest BCUT2D eigenvalue weighted by Gasteiger charge is -2.44. The van der Waals surface area contributed by atoms with E-state index in [0.29, 0.717) is 0 Å². The summed E-state index contributed by atoms with van der Waals surface area (Å²) >= 11 is 0. The van der Waals surface area contributed by atoms with Gasteiger partial charge in [0.05, 0.1) is 22.7 Å². The molecular weight excluding hydrogens is 737 g/mol. The van der Waals surface area contributed by atoms with Crippen molar-refractivity contribution in [3.63, 3.8) is 0 Å². The fourth-order valence-electron chi connectivity index (χ4n) is 9.64. The summed E-state index contributed by atoms with van der Waals surface area (Å²) in [4.78, 5) is 5.00. The van der Waals surface area contributed by atoms with Gasteiger partial charge >= 0.3 is 0 Å². The topological polar surface area (TPSA) is 6.48 Å². The molecule has 0 bridgehead atoms. The van der Waals surface area contributed by atoms with Gasteiger partial charge in [-0.25, -0.2) is 0 Å². The largest absolute Gasteiger partial charge is 0.308 e. The smallest absolute Gasteiger partial charge is 0.0781 e. The van der Waals surface area contributed by atoms with Crippen LogP contribution in [0, 0.1) is 0 Å². The Morgan fingerprint density at radius 1 is 0.377 bits per heavy atom. The van der Waals surface area contributed by atoms with Crippen LogP contribution in [0.2, 0.25) is 0 Å². The van der Waals surface area contributed by atoms with Crippen LogP contribution < -0.4 is 9.80 Å². The van der Waals surface area contributed by atoms with Crippen molar-refractivity contribution < 1.29 is 0 Å². The summed E-state index contributed by atoms with van der Waals surface area (Å²) in [6.45, 7) is 4.79. The first kappa shape index (κ1) is 36.4. The Bertz CT molecular complexity index is 3120. The molecule has 2 nitrogen and oxygen atoms in total. The Morgan fingerprint density at radius 2 is 0.885 bits per heavy atom. The summed E-state index contributed by atoms with van der Waals surface area (Å²) in [5.41, 5.74) is 16.3. The van der Waals surface area contributed by atoms with Gasteiger partial charge in [-0.15, -0.1) is 0 Å². The van der Waals surface area contributed by atoms with E-state index in [9.17, 15) is 0 Å². The molecule has 1 aliphatic heterocycles. The molecule has 1 aliphatic rings. The molecule has 61 heavy (non-hydrogen) atoms. The van der Waals surface area contributed by atoms with Crippen molar-refractivity contribution in [2.75, 3.05) is 9.80 Å². The van der Waals surface area contributed by atoms with E-state index < -0.39 is 0 Å². The molecule has 0 saturated heterocycles. The maximum absolute atomic E-state index is 2.56. The zero-order valence-electron chi connectivity index (χ0n) is 34.3. The quantitative estimate of drug-likeness (QED) is 0.159. The lowest BCUT2D eigenvalue weighted by molar-refractivity contribution is 0.634. The van der Waals surface area contributed by atoms with E-state index in [4.69, 9.17) is 0 Å². The Morgan fingerprint density at radius 3 is 1.56 bits per heavy atom. The first-order chi connectivity index (χ1) is 30.0. The molecule has 0 spiro atoms. The molecular formula is C59H44N2. The Labute approximate surface area is 358 Å². The maximum atomic E-state index is 2.56. The summed E-state index contributed by atoms with van der Waals surface area (Å²) in [5.74, 6) is 0. The van der Waals surface area contributed by atoms with Gasteiger partial charge in [-0.1, -0.05) is 196 Å². The second-order valence-corrected chi connectivity index (χ2v) is 16.6. The SMILES string of the molecule is CC1(C)c2ccccc2N(c2c(N(c3ccc(-c4ccccc4)cc3)c3ccc(-c4ccccc4)cc3)ccc3ccccc23)c2cccc(-c3ccc4ccccc4c3)c21. The molecule has 290 valence electrons. The molecule has 10 aromatic carbocycles. The van der Waals surface area contributed by atoms with E-state index in [1.165, 1.54) is 77.4 Å². The predicted molar refractivity (Wildman–Crippen MR) is 259 cm³/mol. The van der Waals surface area contributed by atoms with Crippen molar-refractivity contribution in [1.29, 1.82) is 0 Å². The molecule has 0 radical (unpaired) electrons. The molecule has 0 aromatic heterocycles. The zero-order chi connectivity index (χ0) is 40.9. The van der Waals surface area contributed by atoms with Crippen LogP contribution in [-0.2, 0) is 5.41 Å². The van der Waals surface area contributed by atoms with Gasteiger partial charge in [0.25, 0.3) is 0 Å². The zero-order valence-corrected chi connectivity index (χ0v) is 34.3. The Kier molecular flexibility index (Phi) is 8.86. The van der Waals surface area contributed by atoms with Crippen LogP contribution in [0.3, 0.4) is 0 Å². The van der Waals surface area contributed by atoms with Gasteiger partial charge in [0.1, 0.15) is 0 Å². The number of rotatable bonds is 7. The normalized spacial score (nSPS) is 12.9. The number of nitrogens with zero attached hydrogens (tertiary/aromatic N) is 2. The van der Waals surface area contributed by atoms with Crippen LogP contribution in [0.4, 0.5) is 34.1 Å². The number of hydrogen-bond acceptors (Lipinski definition) is 2. The standard InChI is InChI=1S/C59H44N2/c1-59(2)53-25-13-14-26-54(53)61(55-27-15-24-51(57(55)59)48-29-28-43-20-9-10-22-47(43)40-48)58-52-23-12-11-21-46(52)34-39-56(58)60(49-35-30-44(31-36-49)41-16-5-3-6-17-41)50-37-32-45(33-38-50)42-18-7-4-8-19-42/h3-40H,1-2H3. The van der Waals surface area contributed by atoms with Crippen molar-refractivity contribution in [3.8, 4) is 33.4 Å². The third kappa shape index (κ3) is 6.27. The van der Waals surface area contributed by atoms with Crippen LogP contribution in [0.1, 0.15) is 25.0 Å². The molecule has 0 amide bonds. The molecule has 11 rings (SSSR count). The molecule has 0 unspecified atom stereocenters. The highest BCUT2D eigenvalue weighted by Crippen LogP contribution is 2.58. The summed E-state index contributed by atoms with van der Waals surface area (Å²) < 4.78 is 0. The average Bonchev–Trinajstić information content (AvgIpc) is 3.33. The fourth-order valence-corrected chi connectivity index (χ4v) is 9.64. The van der Waals surface area contributed by atoms with E-state index in [2.05, 4.69) is 254 Å². The van der Waals surface area contributed by atoms with Gasteiger partial charge in [-0.2, -0.15) is 0 Å². The molecule has 0 N–H and O–H groups in total. The van der Waals surface area contributed by atoms with Crippen molar-refractivity contribution in [2.24, 2.45) is 0 Å². The molecule has 0 aliphatic carbocycles. The van der Waals surface area contributed by atoms with Crippen molar-refractivity contribution in [3.05, 3.63) is 242 Å². The Balaban J connectivity index is 1.18. The highest BCUT2D eigenvalue weighted by Gasteiger charge is 2.40. The summed E-state index contributed by atoms with van der Waals surface area (Å²) in [5, 5.41) is 4.86. The number of para-hydroxylation sites is 1. The fraction of sp³-hybridized carbons (Fsp3) is 0.0508. The summed E-state index contributed by atoms with van der Waals surface area (Å²) in [7, 11) is 0. The minimum atomic E-state index is -0.296. The molecule has 1 heterocycles. The summed E-state index contributed by atoms with van der Waals surface area (Å²) in [6.07, 6.45) is 0. The van der Waals surface area contributed by atoms with Crippen LogP contribution >= 0.6 is 0 Å². The van der Waals surface area contributed by atoms with Crippen molar-refractivity contribution in [2.45, 2.75) is 19.3 Å². The second kappa shape index (κ2) is 14.9. The molecule has 0 fully saturated rings. The molecule has 0 atom stereocenters. The Hall–Kier alpha value is -7.68. The van der Waals surface area contributed by atoms with Gasteiger partial charge in [0.2, 0.25) is 0 Å². The van der Waals surface area contributed by atoms with E-state index >= 15 is 0 Å². The second-order valence-electron chi connectivity index (χ2n) is 16.6. The van der Waals surface area contributed by atoms with Crippen LogP contribution in [0.5, 0.6) is 0 Å². The predicted octanol–water partition coefficient (Wildman–Crippen LogP) is 16.6. The first-order valence-electron chi connectivity index (χ1n) is 21.2. The van der Waals surface area contributed by atoms with Crippen molar-refractivity contribution >= 4 is 55.7 Å². The summed E-state index contributed by atoms with van der Waals surface area (Å²) in [6, 6.07) is 84.3. The molecule has 10 aromatic rings. The minimum Gasteiger partial charge on any atom is -0.308 e. The van der Waals surface area contributed by atoms with Gasteiger partial charge in [0.15, 0.2) is 0 Å². The van der Waals surface area contributed by atoms with Gasteiger partial charge < -0.3 is 9.80 Å². The number of hydrogen-bond donors (Lipinski definition) is 0. The monoisotopic (exact) mass is 780 g/mol. The highest BCUT2D eigenvalue weighted by molar-refractivity contribution is 6.09. The maximum Gasteiger partial charge on any atom is 0.0781 e. The van der Waals surface area contributed by atoms with Crippen LogP contribution in [-0.4, -0.2) is 0 Å².